The van der Waals surface area contributed by atoms with Crippen LogP contribution in [0.15, 0.2) is 4.99 Å². The van der Waals surface area contributed by atoms with E-state index in [1.807, 2.05) is 0 Å². The van der Waals surface area contributed by atoms with E-state index in [4.69, 9.17) is 0 Å². The molecule has 0 aliphatic carbocycles. The van der Waals surface area contributed by atoms with Crippen LogP contribution in [0.3, 0.4) is 0 Å². The largest absolute Gasteiger partial charge is 0.306 e. The quantitative estimate of drug-likeness (QED) is 0.574. The van der Waals surface area contributed by atoms with Crippen molar-refractivity contribution in [3.63, 3.8) is 0 Å². The molecule has 12 heavy (non-hydrogen) atoms. The monoisotopic (exact) mass is 168 g/mol. The summed E-state index contributed by atoms with van der Waals surface area (Å²) in [5.74, 6) is 0.700. The number of likely N-dealkylation sites (tertiary alicyclic amines) is 1. The van der Waals surface area contributed by atoms with E-state index >= 15 is 0 Å². The van der Waals surface area contributed by atoms with Crippen LogP contribution in [0, 0.1) is 5.92 Å². The molecule has 1 aliphatic heterocycles. The van der Waals surface area contributed by atoms with Crippen LogP contribution in [-0.2, 0) is 0 Å². The van der Waals surface area contributed by atoms with Gasteiger partial charge in [0.05, 0.1) is 0 Å². The third-order valence-corrected chi connectivity index (χ3v) is 2.26. The number of piperidine rings is 1. The Morgan fingerprint density at radius 1 is 1.50 bits per heavy atom. The normalized spacial score (nSPS) is 27.2. The highest BCUT2D eigenvalue weighted by molar-refractivity contribution is 5.61. The van der Waals surface area contributed by atoms with E-state index in [0.717, 1.165) is 0 Å². The number of aliphatic imine (C=N–C) groups is 1. The molecule has 1 unspecified atom stereocenters. The average molecular weight is 168 g/mol. The lowest BCUT2D eigenvalue weighted by Crippen LogP contribution is -2.32. The lowest BCUT2D eigenvalue weighted by molar-refractivity contribution is 0.249. The predicted octanol–water partition coefficient (Wildman–Crippen LogP) is 1.81. The van der Waals surface area contributed by atoms with Gasteiger partial charge in [-0.3, -0.25) is 4.99 Å². The van der Waals surface area contributed by atoms with Gasteiger partial charge in [0.2, 0.25) is 0 Å². The van der Waals surface area contributed by atoms with Crippen LogP contribution in [0.1, 0.15) is 26.7 Å². The highest BCUT2D eigenvalue weighted by atomic mass is 15.1. The molecule has 70 valence electrons. The second-order valence-electron chi connectivity index (χ2n) is 4.06. The van der Waals surface area contributed by atoms with Crippen molar-refractivity contribution in [1.29, 1.82) is 0 Å². The van der Waals surface area contributed by atoms with Gasteiger partial charge in [-0.25, -0.2) is 0 Å². The maximum absolute atomic E-state index is 4.43. The standard InChI is InChI=1S/C10H20N2/c1-9(2)11-7-10-5-4-6-12(3)8-10/h7,9-10H,4-6,8H2,1-3H3/b11-7+. The molecule has 1 rings (SSSR count). The first-order valence-electron chi connectivity index (χ1n) is 4.90. The summed E-state index contributed by atoms with van der Waals surface area (Å²) in [5, 5.41) is 0. The maximum Gasteiger partial charge on any atom is 0.0439 e. The Hall–Kier alpha value is -0.370. The van der Waals surface area contributed by atoms with Crippen molar-refractivity contribution < 1.29 is 0 Å². The molecule has 0 N–H and O–H groups in total. The van der Waals surface area contributed by atoms with E-state index in [0.29, 0.717) is 12.0 Å². The van der Waals surface area contributed by atoms with Gasteiger partial charge in [-0.1, -0.05) is 0 Å². The lowest BCUT2D eigenvalue weighted by atomic mass is 10.00. The Morgan fingerprint density at radius 3 is 2.83 bits per heavy atom. The minimum Gasteiger partial charge on any atom is -0.306 e. The molecule has 0 aromatic heterocycles. The summed E-state index contributed by atoms with van der Waals surface area (Å²) in [6, 6.07) is 0.456. The van der Waals surface area contributed by atoms with Gasteiger partial charge < -0.3 is 4.90 Å². The molecular formula is C10H20N2. The van der Waals surface area contributed by atoms with Gasteiger partial charge in [-0.05, 0) is 40.3 Å². The zero-order valence-electron chi connectivity index (χ0n) is 8.45. The summed E-state index contributed by atoms with van der Waals surface area (Å²) in [7, 11) is 2.19. The Kier molecular flexibility index (Phi) is 3.73. The van der Waals surface area contributed by atoms with Crippen molar-refractivity contribution in [3.05, 3.63) is 0 Å². The molecule has 0 aromatic carbocycles. The topological polar surface area (TPSA) is 15.6 Å². The average Bonchev–Trinajstić information content (AvgIpc) is 2.01. The van der Waals surface area contributed by atoms with Crippen molar-refractivity contribution in [3.8, 4) is 0 Å². The minimum atomic E-state index is 0.456. The molecule has 1 heterocycles. The van der Waals surface area contributed by atoms with Crippen LogP contribution in [-0.4, -0.2) is 37.3 Å². The summed E-state index contributed by atoms with van der Waals surface area (Å²) >= 11 is 0. The first kappa shape index (κ1) is 9.72. The van der Waals surface area contributed by atoms with Crippen molar-refractivity contribution >= 4 is 6.21 Å². The Morgan fingerprint density at radius 2 is 2.25 bits per heavy atom. The van der Waals surface area contributed by atoms with Crippen LogP contribution in [0.2, 0.25) is 0 Å². The van der Waals surface area contributed by atoms with Crippen LogP contribution in [0.5, 0.6) is 0 Å². The Bertz CT molecular complexity index is 152. The first-order chi connectivity index (χ1) is 5.68. The number of rotatable bonds is 2. The molecule has 0 aromatic rings. The van der Waals surface area contributed by atoms with E-state index in [9.17, 15) is 0 Å². The van der Waals surface area contributed by atoms with Crippen molar-refractivity contribution in [1.82, 2.24) is 4.90 Å². The Labute approximate surface area is 75.7 Å². The highest BCUT2D eigenvalue weighted by Gasteiger charge is 2.14. The SMILES string of the molecule is CC(C)/N=C/C1CCCN(C)C1. The van der Waals surface area contributed by atoms with E-state index in [1.165, 1.54) is 25.9 Å². The molecule has 1 fully saturated rings. The molecule has 0 amide bonds. The Balaban J connectivity index is 2.31. The maximum atomic E-state index is 4.43. The van der Waals surface area contributed by atoms with Gasteiger partial charge in [0.15, 0.2) is 0 Å². The van der Waals surface area contributed by atoms with Crippen molar-refractivity contribution in [2.45, 2.75) is 32.7 Å². The van der Waals surface area contributed by atoms with Crippen LogP contribution in [0.25, 0.3) is 0 Å². The van der Waals surface area contributed by atoms with E-state index < -0.39 is 0 Å². The second kappa shape index (κ2) is 4.61. The molecular weight excluding hydrogens is 148 g/mol. The molecule has 0 radical (unpaired) electrons. The number of hydrogen-bond acceptors (Lipinski definition) is 2. The van der Waals surface area contributed by atoms with E-state index in [-0.39, 0.29) is 0 Å². The molecule has 1 aliphatic rings. The predicted molar refractivity (Wildman–Crippen MR) is 53.8 cm³/mol. The van der Waals surface area contributed by atoms with Gasteiger partial charge >= 0.3 is 0 Å². The van der Waals surface area contributed by atoms with Crippen LogP contribution >= 0.6 is 0 Å². The minimum absolute atomic E-state index is 0.456. The third-order valence-electron chi connectivity index (χ3n) is 2.26. The summed E-state index contributed by atoms with van der Waals surface area (Å²) < 4.78 is 0. The smallest absolute Gasteiger partial charge is 0.0439 e. The van der Waals surface area contributed by atoms with Crippen molar-refractivity contribution in [2.24, 2.45) is 10.9 Å². The fourth-order valence-electron chi connectivity index (χ4n) is 1.62. The highest BCUT2D eigenvalue weighted by Crippen LogP contribution is 2.12. The molecule has 0 saturated carbocycles. The van der Waals surface area contributed by atoms with Crippen LogP contribution in [0.4, 0.5) is 0 Å². The fourth-order valence-corrected chi connectivity index (χ4v) is 1.62. The molecule has 0 bridgehead atoms. The summed E-state index contributed by atoms with van der Waals surface area (Å²) in [4.78, 5) is 6.82. The zero-order valence-corrected chi connectivity index (χ0v) is 8.45. The summed E-state index contributed by atoms with van der Waals surface area (Å²) in [6.45, 7) is 6.70. The van der Waals surface area contributed by atoms with E-state index in [2.05, 4.69) is 37.0 Å². The molecule has 2 heteroatoms. The van der Waals surface area contributed by atoms with Gasteiger partial charge in [0, 0.05) is 24.7 Å². The van der Waals surface area contributed by atoms with Crippen LogP contribution < -0.4 is 0 Å². The first-order valence-corrected chi connectivity index (χ1v) is 4.90. The fraction of sp³-hybridized carbons (Fsp3) is 0.900. The number of hydrogen-bond donors (Lipinski definition) is 0. The van der Waals surface area contributed by atoms with Gasteiger partial charge in [0.1, 0.15) is 0 Å². The second-order valence-corrected chi connectivity index (χ2v) is 4.06. The van der Waals surface area contributed by atoms with Gasteiger partial charge in [0.25, 0.3) is 0 Å². The molecule has 1 atom stereocenters. The van der Waals surface area contributed by atoms with E-state index in [1.54, 1.807) is 0 Å². The lowest BCUT2D eigenvalue weighted by Gasteiger charge is -2.27. The molecule has 2 nitrogen and oxygen atoms in total. The third kappa shape index (κ3) is 3.35. The molecule has 1 saturated heterocycles. The van der Waals surface area contributed by atoms with Crippen molar-refractivity contribution in [2.75, 3.05) is 20.1 Å². The molecule has 0 spiro atoms. The zero-order chi connectivity index (χ0) is 8.97. The number of nitrogens with zero attached hydrogens (tertiary/aromatic N) is 2. The summed E-state index contributed by atoms with van der Waals surface area (Å²) in [5.41, 5.74) is 0. The summed E-state index contributed by atoms with van der Waals surface area (Å²) in [6.07, 6.45) is 4.80. The van der Waals surface area contributed by atoms with Gasteiger partial charge in [-0.15, -0.1) is 0 Å². The van der Waals surface area contributed by atoms with Gasteiger partial charge in [-0.2, -0.15) is 0 Å².